The van der Waals surface area contributed by atoms with Crippen LogP contribution in [0.15, 0.2) is 35.6 Å². The quantitative estimate of drug-likeness (QED) is 0.597. The molecule has 1 aliphatic heterocycles. The molecule has 13 heavy (non-hydrogen) atoms. The third-order valence-electron chi connectivity index (χ3n) is 2.84. The van der Waals surface area contributed by atoms with Crippen molar-refractivity contribution < 1.29 is 0 Å². The van der Waals surface area contributed by atoms with Crippen LogP contribution in [-0.4, -0.2) is 6.04 Å². The van der Waals surface area contributed by atoms with Crippen LogP contribution in [0.4, 0.5) is 0 Å². The van der Waals surface area contributed by atoms with Gasteiger partial charge >= 0.3 is 0 Å². The van der Waals surface area contributed by atoms with Gasteiger partial charge in [0, 0.05) is 0 Å². The molecule has 0 radical (unpaired) electrons. The van der Waals surface area contributed by atoms with E-state index in [2.05, 4.69) is 50.5 Å². The smallest absolute Gasteiger partial charge is 0.0546 e. The third-order valence-corrected chi connectivity index (χ3v) is 2.84. The normalized spacial score (nSPS) is 26.2. The van der Waals surface area contributed by atoms with Gasteiger partial charge < -0.3 is 5.32 Å². The van der Waals surface area contributed by atoms with E-state index in [1.54, 1.807) is 0 Å². The fraction of sp³-hybridized carbons (Fsp3) is 0.500. The number of nitrogens with one attached hydrogen (secondary N) is 1. The lowest BCUT2D eigenvalue weighted by atomic mass is 9.79. The Balaban J connectivity index is 2.24. The molecule has 0 spiro atoms. The van der Waals surface area contributed by atoms with Gasteiger partial charge in [0.1, 0.15) is 0 Å². The van der Waals surface area contributed by atoms with E-state index in [-0.39, 0.29) is 0 Å². The van der Waals surface area contributed by atoms with Gasteiger partial charge in [0.2, 0.25) is 0 Å². The van der Waals surface area contributed by atoms with E-state index in [1.807, 2.05) is 0 Å². The molecule has 0 fully saturated rings. The lowest BCUT2D eigenvalue weighted by Crippen LogP contribution is -2.26. The number of fused-ring (bicyclic) bond motifs is 1. The molecule has 1 nitrogen and oxygen atoms in total. The Morgan fingerprint density at radius 1 is 1.31 bits per heavy atom. The molecule has 1 heteroatoms. The van der Waals surface area contributed by atoms with Crippen LogP contribution < -0.4 is 5.32 Å². The summed E-state index contributed by atoms with van der Waals surface area (Å²) in [4.78, 5) is 0. The zero-order valence-corrected chi connectivity index (χ0v) is 8.59. The van der Waals surface area contributed by atoms with Crippen molar-refractivity contribution in [3.05, 3.63) is 35.6 Å². The molecular formula is C12H17N. The highest BCUT2D eigenvalue weighted by Gasteiger charge is 2.25. The molecular weight excluding hydrogens is 158 g/mol. The molecule has 1 atom stereocenters. The first-order valence-electron chi connectivity index (χ1n) is 4.91. The average molecular weight is 175 g/mol. The number of hydrogen-bond acceptors (Lipinski definition) is 1. The molecule has 2 rings (SSSR count). The second-order valence-electron chi connectivity index (χ2n) is 4.87. The van der Waals surface area contributed by atoms with Gasteiger partial charge in [0.15, 0.2) is 0 Å². The Morgan fingerprint density at radius 3 is 2.77 bits per heavy atom. The van der Waals surface area contributed by atoms with Gasteiger partial charge in [-0.05, 0) is 29.7 Å². The Bertz CT molecular complexity index is 300. The van der Waals surface area contributed by atoms with Crippen LogP contribution in [0.1, 0.15) is 27.2 Å². The SMILES string of the molecule is CC(C)(C)C1=CC=C2C=CNC2C1. The Kier molecular flexibility index (Phi) is 1.83. The van der Waals surface area contributed by atoms with Crippen LogP contribution >= 0.6 is 0 Å². The van der Waals surface area contributed by atoms with Crippen molar-refractivity contribution in [3.8, 4) is 0 Å². The van der Waals surface area contributed by atoms with E-state index in [0.29, 0.717) is 11.5 Å². The first-order chi connectivity index (χ1) is 6.07. The van der Waals surface area contributed by atoms with Crippen LogP contribution in [-0.2, 0) is 0 Å². The zero-order valence-electron chi connectivity index (χ0n) is 8.59. The van der Waals surface area contributed by atoms with E-state index in [1.165, 1.54) is 11.1 Å². The summed E-state index contributed by atoms with van der Waals surface area (Å²) in [6.07, 6.45) is 9.90. The van der Waals surface area contributed by atoms with Crippen molar-refractivity contribution >= 4 is 0 Å². The van der Waals surface area contributed by atoms with Gasteiger partial charge in [0.05, 0.1) is 6.04 Å². The molecule has 1 unspecified atom stereocenters. The Morgan fingerprint density at radius 2 is 2.08 bits per heavy atom. The summed E-state index contributed by atoms with van der Waals surface area (Å²) in [7, 11) is 0. The lowest BCUT2D eigenvalue weighted by molar-refractivity contribution is 0.464. The van der Waals surface area contributed by atoms with E-state index >= 15 is 0 Å². The van der Waals surface area contributed by atoms with Gasteiger partial charge in [-0.3, -0.25) is 0 Å². The highest BCUT2D eigenvalue weighted by molar-refractivity contribution is 5.40. The summed E-state index contributed by atoms with van der Waals surface area (Å²) < 4.78 is 0. The topological polar surface area (TPSA) is 12.0 Å². The second kappa shape index (κ2) is 2.76. The van der Waals surface area contributed by atoms with E-state index in [9.17, 15) is 0 Å². The first-order valence-corrected chi connectivity index (χ1v) is 4.91. The molecule has 0 saturated carbocycles. The van der Waals surface area contributed by atoms with E-state index in [4.69, 9.17) is 0 Å². The minimum atomic E-state index is 0.312. The molecule has 0 amide bonds. The highest BCUT2D eigenvalue weighted by atomic mass is 14.9. The van der Waals surface area contributed by atoms with Gasteiger partial charge in [-0.15, -0.1) is 0 Å². The van der Waals surface area contributed by atoms with Crippen molar-refractivity contribution in [2.24, 2.45) is 5.41 Å². The number of hydrogen-bond donors (Lipinski definition) is 1. The maximum atomic E-state index is 3.37. The average Bonchev–Trinajstić information content (AvgIpc) is 2.47. The second-order valence-corrected chi connectivity index (χ2v) is 4.87. The number of rotatable bonds is 0. The molecule has 1 heterocycles. The maximum absolute atomic E-state index is 3.37. The Labute approximate surface area is 80.2 Å². The largest absolute Gasteiger partial charge is 0.384 e. The highest BCUT2D eigenvalue weighted by Crippen LogP contribution is 2.34. The number of allylic oxidation sites excluding steroid dienone is 2. The van der Waals surface area contributed by atoms with Crippen LogP contribution in [0.3, 0.4) is 0 Å². The van der Waals surface area contributed by atoms with Crippen LogP contribution in [0.2, 0.25) is 0 Å². The van der Waals surface area contributed by atoms with Crippen LogP contribution in [0, 0.1) is 5.41 Å². The summed E-state index contributed by atoms with van der Waals surface area (Å²) in [6, 6.07) is 0.541. The molecule has 1 aliphatic carbocycles. The molecule has 1 N–H and O–H groups in total. The van der Waals surface area contributed by atoms with Gasteiger partial charge in [-0.1, -0.05) is 38.5 Å². The predicted molar refractivity (Wildman–Crippen MR) is 56.3 cm³/mol. The van der Waals surface area contributed by atoms with Gasteiger partial charge in [-0.2, -0.15) is 0 Å². The molecule has 0 aromatic heterocycles. The summed E-state index contributed by atoms with van der Waals surface area (Å²) in [5.74, 6) is 0. The van der Waals surface area contributed by atoms with Crippen molar-refractivity contribution in [1.29, 1.82) is 0 Å². The van der Waals surface area contributed by atoms with Crippen molar-refractivity contribution in [1.82, 2.24) is 5.32 Å². The van der Waals surface area contributed by atoms with E-state index in [0.717, 1.165) is 6.42 Å². The minimum Gasteiger partial charge on any atom is -0.384 e. The molecule has 0 saturated heterocycles. The van der Waals surface area contributed by atoms with Crippen molar-refractivity contribution in [3.63, 3.8) is 0 Å². The fourth-order valence-electron chi connectivity index (χ4n) is 1.86. The van der Waals surface area contributed by atoms with Crippen molar-refractivity contribution in [2.75, 3.05) is 0 Å². The van der Waals surface area contributed by atoms with Crippen molar-refractivity contribution in [2.45, 2.75) is 33.2 Å². The monoisotopic (exact) mass is 175 g/mol. The van der Waals surface area contributed by atoms with Gasteiger partial charge in [0.25, 0.3) is 0 Å². The summed E-state index contributed by atoms with van der Waals surface area (Å²) in [5, 5.41) is 3.37. The van der Waals surface area contributed by atoms with E-state index < -0.39 is 0 Å². The molecule has 70 valence electrons. The molecule has 2 aliphatic rings. The molecule has 0 bridgehead atoms. The standard InChI is InChI=1S/C12H17N/c1-12(2,3)10-5-4-9-6-7-13-11(9)8-10/h4-7,11,13H,8H2,1-3H3. The molecule has 0 aromatic carbocycles. The van der Waals surface area contributed by atoms with Crippen LogP contribution in [0.25, 0.3) is 0 Å². The fourth-order valence-corrected chi connectivity index (χ4v) is 1.86. The zero-order chi connectivity index (χ0) is 9.47. The minimum absolute atomic E-state index is 0.312. The maximum Gasteiger partial charge on any atom is 0.0546 e. The summed E-state index contributed by atoms with van der Waals surface area (Å²) in [5.41, 5.74) is 3.28. The summed E-state index contributed by atoms with van der Waals surface area (Å²) in [6.45, 7) is 6.83. The van der Waals surface area contributed by atoms with Crippen LogP contribution in [0.5, 0.6) is 0 Å². The Hall–Kier alpha value is -0.980. The van der Waals surface area contributed by atoms with Gasteiger partial charge in [-0.25, -0.2) is 0 Å². The predicted octanol–water partition coefficient (Wildman–Crippen LogP) is 2.77. The summed E-state index contributed by atoms with van der Waals surface area (Å²) >= 11 is 0. The first kappa shape index (κ1) is 8.61. The lowest BCUT2D eigenvalue weighted by Gasteiger charge is -2.28. The molecule has 0 aromatic rings. The third kappa shape index (κ3) is 1.55.